The van der Waals surface area contributed by atoms with Gasteiger partial charge in [-0.2, -0.15) is 13.2 Å². The zero-order chi connectivity index (χ0) is 14.1. The summed E-state index contributed by atoms with van der Waals surface area (Å²) in [5, 5.41) is 3.29. The SMILES string of the molecule is CCCNC(CCC(F)(F)F)C1=CCCCCCC1. The summed E-state index contributed by atoms with van der Waals surface area (Å²) >= 11 is 0. The summed E-state index contributed by atoms with van der Waals surface area (Å²) in [5.74, 6) is 0. The van der Waals surface area contributed by atoms with Crippen LogP contribution in [0.5, 0.6) is 0 Å². The van der Waals surface area contributed by atoms with Gasteiger partial charge in [0.1, 0.15) is 0 Å². The average Bonchev–Trinajstić information content (AvgIpc) is 2.29. The highest BCUT2D eigenvalue weighted by Crippen LogP contribution is 2.27. The van der Waals surface area contributed by atoms with Gasteiger partial charge < -0.3 is 5.32 Å². The van der Waals surface area contributed by atoms with Crippen LogP contribution in [-0.2, 0) is 0 Å². The monoisotopic (exact) mass is 277 g/mol. The number of hydrogen-bond donors (Lipinski definition) is 1. The zero-order valence-electron chi connectivity index (χ0n) is 11.9. The van der Waals surface area contributed by atoms with Crippen LogP contribution in [0.25, 0.3) is 0 Å². The largest absolute Gasteiger partial charge is 0.389 e. The van der Waals surface area contributed by atoms with Gasteiger partial charge in [-0.15, -0.1) is 0 Å². The van der Waals surface area contributed by atoms with Crippen LogP contribution < -0.4 is 5.32 Å². The molecule has 19 heavy (non-hydrogen) atoms. The van der Waals surface area contributed by atoms with Gasteiger partial charge in [0.15, 0.2) is 0 Å². The number of hydrogen-bond acceptors (Lipinski definition) is 1. The molecule has 0 aromatic carbocycles. The number of alkyl halides is 3. The summed E-state index contributed by atoms with van der Waals surface area (Å²) in [6.07, 6.45) is 5.29. The van der Waals surface area contributed by atoms with Gasteiger partial charge in [0.2, 0.25) is 0 Å². The second kappa shape index (κ2) is 8.62. The Labute approximate surface area is 114 Å². The summed E-state index contributed by atoms with van der Waals surface area (Å²) in [7, 11) is 0. The number of rotatable bonds is 6. The third-order valence-electron chi connectivity index (χ3n) is 3.63. The van der Waals surface area contributed by atoms with E-state index in [1.165, 1.54) is 24.8 Å². The highest BCUT2D eigenvalue weighted by atomic mass is 19.4. The summed E-state index contributed by atoms with van der Waals surface area (Å²) < 4.78 is 37.2. The fraction of sp³-hybridized carbons (Fsp3) is 0.867. The molecular weight excluding hydrogens is 251 g/mol. The third kappa shape index (κ3) is 7.61. The lowest BCUT2D eigenvalue weighted by Gasteiger charge is -2.24. The molecule has 0 fully saturated rings. The summed E-state index contributed by atoms with van der Waals surface area (Å²) in [5.41, 5.74) is 1.21. The first-order valence-electron chi connectivity index (χ1n) is 7.52. The Kier molecular flexibility index (Phi) is 7.51. The Hall–Kier alpha value is -0.510. The molecule has 0 amide bonds. The molecule has 1 aliphatic carbocycles. The second-order valence-corrected chi connectivity index (χ2v) is 5.39. The molecule has 0 aromatic rings. The van der Waals surface area contributed by atoms with Gasteiger partial charge in [0.25, 0.3) is 0 Å². The van der Waals surface area contributed by atoms with E-state index in [0.29, 0.717) is 0 Å². The molecule has 112 valence electrons. The minimum absolute atomic E-state index is 0.0836. The van der Waals surface area contributed by atoms with Crippen molar-refractivity contribution in [1.82, 2.24) is 5.32 Å². The van der Waals surface area contributed by atoms with Crippen LogP contribution in [0.1, 0.15) is 64.7 Å². The molecule has 0 bridgehead atoms. The van der Waals surface area contributed by atoms with E-state index >= 15 is 0 Å². The lowest BCUT2D eigenvalue weighted by Crippen LogP contribution is -2.33. The first-order valence-corrected chi connectivity index (χ1v) is 7.52. The van der Waals surface area contributed by atoms with E-state index in [1.54, 1.807) is 0 Å². The van der Waals surface area contributed by atoms with Crippen LogP contribution >= 0.6 is 0 Å². The van der Waals surface area contributed by atoms with Gasteiger partial charge in [0, 0.05) is 12.5 Å². The molecule has 0 spiro atoms. The summed E-state index contributed by atoms with van der Waals surface area (Å²) in [6.45, 7) is 2.83. The molecule has 1 aliphatic rings. The molecule has 1 N–H and O–H groups in total. The second-order valence-electron chi connectivity index (χ2n) is 5.39. The van der Waals surface area contributed by atoms with E-state index in [4.69, 9.17) is 0 Å². The third-order valence-corrected chi connectivity index (χ3v) is 3.63. The minimum Gasteiger partial charge on any atom is -0.310 e. The Balaban J connectivity index is 2.59. The predicted octanol–water partition coefficient (Wildman–Crippen LogP) is 4.98. The number of allylic oxidation sites excluding steroid dienone is 1. The van der Waals surface area contributed by atoms with Crippen LogP contribution in [0, 0.1) is 0 Å². The van der Waals surface area contributed by atoms with E-state index < -0.39 is 12.6 Å². The van der Waals surface area contributed by atoms with Crippen molar-refractivity contribution in [2.75, 3.05) is 6.54 Å². The Morgan fingerprint density at radius 1 is 1.21 bits per heavy atom. The van der Waals surface area contributed by atoms with Crippen molar-refractivity contribution >= 4 is 0 Å². The Morgan fingerprint density at radius 3 is 2.63 bits per heavy atom. The molecule has 1 rings (SSSR count). The van der Waals surface area contributed by atoms with Crippen molar-refractivity contribution in [3.63, 3.8) is 0 Å². The molecule has 1 unspecified atom stereocenters. The smallest absolute Gasteiger partial charge is 0.310 e. The average molecular weight is 277 g/mol. The molecule has 0 heterocycles. The van der Waals surface area contributed by atoms with Crippen LogP contribution in [0.15, 0.2) is 11.6 Å². The highest BCUT2D eigenvalue weighted by molar-refractivity contribution is 5.11. The van der Waals surface area contributed by atoms with Crippen molar-refractivity contribution in [3.05, 3.63) is 11.6 Å². The lowest BCUT2D eigenvalue weighted by atomic mass is 9.92. The van der Waals surface area contributed by atoms with E-state index in [1.807, 2.05) is 6.92 Å². The summed E-state index contributed by atoms with van der Waals surface area (Å²) in [4.78, 5) is 0. The summed E-state index contributed by atoms with van der Waals surface area (Å²) in [6, 6.07) is -0.0836. The molecular formula is C15H26F3N. The van der Waals surface area contributed by atoms with Crippen molar-refractivity contribution in [3.8, 4) is 0 Å². The minimum atomic E-state index is -4.05. The van der Waals surface area contributed by atoms with E-state index in [-0.39, 0.29) is 12.5 Å². The maximum atomic E-state index is 12.4. The normalized spacial score (nSPS) is 19.5. The molecule has 0 saturated heterocycles. The molecule has 4 heteroatoms. The van der Waals surface area contributed by atoms with Crippen molar-refractivity contribution in [2.45, 2.75) is 76.9 Å². The van der Waals surface area contributed by atoms with E-state index in [2.05, 4.69) is 11.4 Å². The predicted molar refractivity (Wildman–Crippen MR) is 73.2 cm³/mol. The van der Waals surface area contributed by atoms with Crippen molar-refractivity contribution < 1.29 is 13.2 Å². The van der Waals surface area contributed by atoms with Crippen LogP contribution in [0.2, 0.25) is 0 Å². The number of halogens is 3. The van der Waals surface area contributed by atoms with E-state index in [0.717, 1.165) is 32.2 Å². The van der Waals surface area contributed by atoms with Gasteiger partial charge in [0.05, 0.1) is 0 Å². The highest BCUT2D eigenvalue weighted by Gasteiger charge is 2.29. The molecule has 0 aromatic heterocycles. The van der Waals surface area contributed by atoms with Crippen molar-refractivity contribution in [1.29, 1.82) is 0 Å². The standard InChI is InChI=1S/C15H26F3N/c1-2-12-19-14(10-11-15(16,17)18)13-8-6-4-3-5-7-9-13/h8,14,19H,2-7,9-12H2,1H3. The molecule has 1 atom stereocenters. The molecule has 0 radical (unpaired) electrons. The van der Waals surface area contributed by atoms with Crippen LogP contribution in [0.4, 0.5) is 13.2 Å². The van der Waals surface area contributed by atoms with Gasteiger partial charge in [-0.05, 0) is 45.1 Å². The topological polar surface area (TPSA) is 12.0 Å². The Morgan fingerprint density at radius 2 is 1.95 bits per heavy atom. The van der Waals surface area contributed by atoms with Crippen molar-refractivity contribution in [2.24, 2.45) is 0 Å². The van der Waals surface area contributed by atoms with Crippen LogP contribution in [-0.4, -0.2) is 18.8 Å². The van der Waals surface area contributed by atoms with Gasteiger partial charge in [-0.25, -0.2) is 0 Å². The first-order chi connectivity index (χ1) is 9.03. The number of nitrogens with one attached hydrogen (secondary N) is 1. The van der Waals surface area contributed by atoms with Gasteiger partial charge in [-0.1, -0.05) is 31.4 Å². The van der Waals surface area contributed by atoms with Crippen LogP contribution in [0.3, 0.4) is 0 Å². The molecule has 1 nitrogen and oxygen atoms in total. The van der Waals surface area contributed by atoms with Gasteiger partial charge in [-0.3, -0.25) is 0 Å². The maximum absolute atomic E-state index is 12.4. The Bertz CT molecular complexity index is 271. The molecule has 0 aliphatic heterocycles. The lowest BCUT2D eigenvalue weighted by molar-refractivity contribution is -0.136. The fourth-order valence-electron chi connectivity index (χ4n) is 2.58. The fourth-order valence-corrected chi connectivity index (χ4v) is 2.58. The van der Waals surface area contributed by atoms with Gasteiger partial charge >= 0.3 is 6.18 Å². The quantitative estimate of drug-likeness (QED) is 0.675. The van der Waals surface area contributed by atoms with E-state index in [9.17, 15) is 13.2 Å². The molecule has 0 saturated carbocycles. The first kappa shape index (κ1) is 16.5. The maximum Gasteiger partial charge on any atom is 0.389 e. The zero-order valence-corrected chi connectivity index (χ0v) is 11.9.